The normalized spacial score (nSPS) is 27.0. The molecule has 1 aliphatic heterocycles. The zero-order valence-electron chi connectivity index (χ0n) is 7.75. The van der Waals surface area contributed by atoms with Crippen LogP contribution in [0.15, 0.2) is 0 Å². The van der Waals surface area contributed by atoms with Crippen molar-refractivity contribution in [2.75, 3.05) is 18.1 Å². The SMILES string of the molecule is C[C@@H](O)CCN[C@H]1CCCSC1. The van der Waals surface area contributed by atoms with Gasteiger partial charge in [-0.25, -0.2) is 0 Å². The molecular weight excluding hydrogens is 170 g/mol. The molecule has 0 radical (unpaired) electrons. The van der Waals surface area contributed by atoms with Gasteiger partial charge >= 0.3 is 0 Å². The second kappa shape index (κ2) is 5.84. The number of nitrogens with one attached hydrogen (secondary N) is 1. The van der Waals surface area contributed by atoms with Crippen LogP contribution in [0.1, 0.15) is 26.2 Å². The predicted molar refractivity (Wildman–Crippen MR) is 54.6 cm³/mol. The fourth-order valence-corrected chi connectivity index (χ4v) is 2.50. The van der Waals surface area contributed by atoms with Crippen LogP contribution in [0.2, 0.25) is 0 Å². The molecule has 3 heteroatoms. The molecule has 0 unspecified atom stereocenters. The molecule has 0 aliphatic carbocycles. The van der Waals surface area contributed by atoms with Crippen molar-refractivity contribution in [3.05, 3.63) is 0 Å². The van der Waals surface area contributed by atoms with Crippen LogP contribution in [0.25, 0.3) is 0 Å². The van der Waals surface area contributed by atoms with Crippen LogP contribution in [-0.2, 0) is 0 Å². The van der Waals surface area contributed by atoms with E-state index in [1.54, 1.807) is 0 Å². The minimum absolute atomic E-state index is 0.159. The third-order valence-corrected chi connectivity index (χ3v) is 3.37. The topological polar surface area (TPSA) is 32.3 Å². The Hall–Kier alpha value is 0.270. The van der Waals surface area contributed by atoms with Crippen molar-refractivity contribution in [2.45, 2.75) is 38.3 Å². The van der Waals surface area contributed by atoms with Gasteiger partial charge in [0.2, 0.25) is 0 Å². The summed E-state index contributed by atoms with van der Waals surface area (Å²) in [5.74, 6) is 2.58. The summed E-state index contributed by atoms with van der Waals surface area (Å²) >= 11 is 2.04. The lowest BCUT2D eigenvalue weighted by atomic mass is 10.2. The second-order valence-corrected chi connectivity index (χ2v) is 4.66. The summed E-state index contributed by atoms with van der Waals surface area (Å²) in [5, 5.41) is 12.5. The molecule has 1 fully saturated rings. The molecule has 0 bridgehead atoms. The van der Waals surface area contributed by atoms with Crippen molar-refractivity contribution < 1.29 is 5.11 Å². The first kappa shape index (κ1) is 10.4. The maximum Gasteiger partial charge on any atom is 0.0524 e. The molecule has 72 valence electrons. The Kier molecular flexibility index (Phi) is 5.04. The first-order chi connectivity index (χ1) is 5.79. The minimum Gasteiger partial charge on any atom is -0.393 e. The van der Waals surface area contributed by atoms with Crippen LogP contribution in [0.5, 0.6) is 0 Å². The van der Waals surface area contributed by atoms with E-state index in [0.29, 0.717) is 6.04 Å². The van der Waals surface area contributed by atoms with Crippen LogP contribution in [-0.4, -0.2) is 35.3 Å². The smallest absolute Gasteiger partial charge is 0.0524 e. The van der Waals surface area contributed by atoms with Crippen molar-refractivity contribution in [1.82, 2.24) is 5.32 Å². The average Bonchev–Trinajstić information content (AvgIpc) is 2.05. The predicted octanol–water partition coefficient (Wildman–Crippen LogP) is 1.24. The zero-order chi connectivity index (χ0) is 8.81. The first-order valence-corrected chi connectivity index (χ1v) is 5.93. The van der Waals surface area contributed by atoms with Gasteiger partial charge < -0.3 is 10.4 Å². The van der Waals surface area contributed by atoms with E-state index >= 15 is 0 Å². The molecule has 0 aromatic carbocycles. The maximum atomic E-state index is 9.04. The van der Waals surface area contributed by atoms with E-state index in [1.165, 1.54) is 24.3 Å². The third kappa shape index (κ3) is 4.33. The highest BCUT2D eigenvalue weighted by atomic mass is 32.2. The van der Waals surface area contributed by atoms with Crippen molar-refractivity contribution in [2.24, 2.45) is 0 Å². The molecule has 2 atom stereocenters. The summed E-state index contributed by atoms with van der Waals surface area (Å²) in [6.45, 7) is 2.81. The van der Waals surface area contributed by atoms with E-state index in [4.69, 9.17) is 5.11 Å². The van der Waals surface area contributed by atoms with Crippen LogP contribution in [0, 0.1) is 0 Å². The molecule has 1 heterocycles. The Morgan fingerprint density at radius 1 is 1.67 bits per heavy atom. The molecule has 12 heavy (non-hydrogen) atoms. The minimum atomic E-state index is -0.159. The highest BCUT2D eigenvalue weighted by Crippen LogP contribution is 2.16. The van der Waals surface area contributed by atoms with E-state index in [1.807, 2.05) is 18.7 Å². The number of hydrogen-bond donors (Lipinski definition) is 2. The quantitative estimate of drug-likeness (QED) is 0.698. The van der Waals surface area contributed by atoms with Crippen molar-refractivity contribution in [3.8, 4) is 0 Å². The van der Waals surface area contributed by atoms with E-state index in [2.05, 4.69) is 5.32 Å². The van der Waals surface area contributed by atoms with Gasteiger partial charge in [-0.2, -0.15) is 11.8 Å². The van der Waals surface area contributed by atoms with Gasteiger partial charge in [0, 0.05) is 11.8 Å². The lowest BCUT2D eigenvalue weighted by molar-refractivity contribution is 0.182. The van der Waals surface area contributed by atoms with Crippen molar-refractivity contribution in [1.29, 1.82) is 0 Å². The second-order valence-electron chi connectivity index (χ2n) is 3.51. The van der Waals surface area contributed by atoms with Gasteiger partial charge in [-0.3, -0.25) is 0 Å². The zero-order valence-corrected chi connectivity index (χ0v) is 8.57. The Bertz CT molecular complexity index is 113. The van der Waals surface area contributed by atoms with Gasteiger partial charge in [-0.05, 0) is 38.5 Å². The average molecular weight is 189 g/mol. The van der Waals surface area contributed by atoms with Gasteiger partial charge in [-0.1, -0.05) is 0 Å². The Balaban J connectivity index is 1.98. The summed E-state index contributed by atoms with van der Waals surface area (Å²) in [7, 11) is 0. The molecule has 1 rings (SSSR count). The third-order valence-electron chi connectivity index (χ3n) is 2.16. The molecule has 2 N–H and O–H groups in total. The Morgan fingerprint density at radius 2 is 2.50 bits per heavy atom. The Labute approximate surface area is 79.1 Å². The lowest BCUT2D eigenvalue weighted by Gasteiger charge is -2.22. The largest absolute Gasteiger partial charge is 0.393 e. The fraction of sp³-hybridized carbons (Fsp3) is 1.00. The number of aliphatic hydroxyl groups is 1. The first-order valence-electron chi connectivity index (χ1n) is 4.78. The van der Waals surface area contributed by atoms with E-state index in [9.17, 15) is 0 Å². The van der Waals surface area contributed by atoms with Crippen molar-refractivity contribution >= 4 is 11.8 Å². The van der Waals surface area contributed by atoms with Crippen LogP contribution in [0.3, 0.4) is 0 Å². The van der Waals surface area contributed by atoms with Gasteiger partial charge in [0.05, 0.1) is 6.10 Å². The summed E-state index contributed by atoms with van der Waals surface area (Å²) in [4.78, 5) is 0. The highest BCUT2D eigenvalue weighted by molar-refractivity contribution is 7.99. The van der Waals surface area contributed by atoms with E-state index in [-0.39, 0.29) is 6.10 Å². The molecule has 0 spiro atoms. The van der Waals surface area contributed by atoms with Crippen molar-refractivity contribution in [3.63, 3.8) is 0 Å². The number of hydrogen-bond acceptors (Lipinski definition) is 3. The highest BCUT2D eigenvalue weighted by Gasteiger charge is 2.12. The molecule has 0 aromatic heterocycles. The molecule has 0 saturated carbocycles. The number of thioether (sulfide) groups is 1. The molecular formula is C9H19NOS. The van der Waals surface area contributed by atoms with Gasteiger partial charge in [0.15, 0.2) is 0 Å². The number of aliphatic hydroxyl groups excluding tert-OH is 1. The molecule has 2 nitrogen and oxygen atoms in total. The standard InChI is InChI=1S/C9H19NOS/c1-8(11)4-5-10-9-3-2-6-12-7-9/h8-11H,2-7H2,1H3/t8-,9+/m1/s1. The lowest BCUT2D eigenvalue weighted by Crippen LogP contribution is -2.35. The van der Waals surface area contributed by atoms with Crippen LogP contribution >= 0.6 is 11.8 Å². The van der Waals surface area contributed by atoms with Gasteiger partial charge in [-0.15, -0.1) is 0 Å². The summed E-state index contributed by atoms with van der Waals surface area (Å²) in [6.07, 6.45) is 3.37. The van der Waals surface area contributed by atoms with Crippen LogP contribution < -0.4 is 5.32 Å². The molecule has 0 amide bonds. The number of rotatable bonds is 4. The van der Waals surface area contributed by atoms with Crippen LogP contribution in [0.4, 0.5) is 0 Å². The Morgan fingerprint density at radius 3 is 3.08 bits per heavy atom. The van der Waals surface area contributed by atoms with Gasteiger partial charge in [0.25, 0.3) is 0 Å². The molecule has 1 aliphatic rings. The molecule has 1 saturated heterocycles. The van der Waals surface area contributed by atoms with Gasteiger partial charge in [0.1, 0.15) is 0 Å². The summed E-state index contributed by atoms with van der Waals surface area (Å²) in [6, 6.07) is 0.697. The fourth-order valence-electron chi connectivity index (χ4n) is 1.40. The maximum absolute atomic E-state index is 9.04. The molecule has 0 aromatic rings. The van der Waals surface area contributed by atoms with E-state index < -0.39 is 0 Å². The van der Waals surface area contributed by atoms with E-state index in [0.717, 1.165) is 13.0 Å². The summed E-state index contributed by atoms with van der Waals surface area (Å²) in [5.41, 5.74) is 0. The monoisotopic (exact) mass is 189 g/mol. The summed E-state index contributed by atoms with van der Waals surface area (Å²) < 4.78 is 0.